The van der Waals surface area contributed by atoms with E-state index in [1.54, 1.807) is 6.07 Å². The van der Waals surface area contributed by atoms with Crippen molar-refractivity contribution in [3.05, 3.63) is 22.4 Å². The lowest BCUT2D eigenvalue weighted by Crippen LogP contribution is -2.40. The highest BCUT2D eigenvalue weighted by Gasteiger charge is 2.22. The highest BCUT2D eigenvalue weighted by Crippen LogP contribution is 2.13. The number of amides is 1. The van der Waals surface area contributed by atoms with Gasteiger partial charge in [-0.15, -0.1) is 11.3 Å². The Balaban J connectivity index is 2.78. The molecule has 0 unspecified atom stereocenters. The summed E-state index contributed by atoms with van der Waals surface area (Å²) in [7, 11) is 1.32. The minimum Gasteiger partial charge on any atom is -0.468 e. The molecule has 1 rings (SSSR count). The first-order chi connectivity index (χ1) is 7.56. The van der Waals surface area contributed by atoms with Crippen LogP contribution in [0.5, 0.6) is 0 Å². The number of carbonyl (C=O) groups is 2. The molecule has 16 heavy (non-hydrogen) atoms. The van der Waals surface area contributed by atoms with Crippen molar-refractivity contribution in [1.29, 1.82) is 0 Å². The zero-order chi connectivity index (χ0) is 12.1. The maximum atomic E-state index is 12.0. The van der Waals surface area contributed by atoms with E-state index in [1.165, 1.54) is 23.3 Å². The lowest BCUT2D eigenvalue weighted by atomic mass is 10.3. The smallest absolute Gasteiger partial charge is 0.325 e. The fourth-order valence-corrected chi connectivity index (χ4v) is 1.91. The molecular weight excluding hydrogens is 226 g/mol. The second kappa shape index (κ2) is 5.65. The van der Waals surface area contributed by atoms with Gasteiger partial charge in [0.05, 0.1) is 12.0 Å². The highest BCUT2D eigenvalue weighted by molar-refractivity contribution is 7.12. The third-order valence-electron chi connectivity index (χ3n) is 2.14. The van der Waals surface area contributed by atoms with Crippen LogP contribution in [0.4, 0.5) is 0 Å². The third-order valence-corrected chi connectivity index (χ3v) is 3.00. The van der Waals surface area contributed by atoms with E-state index < -0.39 is 5.97 Å². The number of ether oxygens (including phenoxy) is 1. The fourth-order valence-electron chi connectivity index (χ4n) is 1.23. The normalized spacial score (nSPS) is 10.2. The van der Waals surface area contributed by atoms with E-state index in [0.29, 0.717) is 4.88 Å². The van der Waals surface area contributed by atoms with E-state index in [0.717, 1.165) is 0 Å². The second-order valence-corrected chi connectivity index (χ2v) is 4.53. The van der Waals surface area contributed by atoms with E-state index in [-0.39, 0.29) is 18.5 Å². The topological polar surface area (TPSA) is 46.6 Å². The van der Waals surface area contributed by atoms with Crippen LogP contribution in [-0.2, 0) is 9.53 Å². The van der Waals surface area contributed by atoms with Gasteiger partial charge in [0.1, 0.15) is 6.54 Å². The number of rotatable bonds is 4. The number of methoxy groups -OCH3 is 1. The number of esters is 1. The quantitative estimate of drug-likeness (QED) is 0.755. The number of nitrogens with zero attached hydrogens (tertiary/aromatic N) is 1. The molecule has 0 spiro atoms. The van der Waals surface area contributed by atoms with Gasteiger partial charge in [-0.05, 0) is 25.3 Å². The summed E-state index contributed by atoms with van der Waals surface area (Å²) in [5.74, 6) is -0.533. The van der Waals surface area contributed by atoms with Gasteiger partial charge < -0.3 is 9.64 Å². The highest BCUT2D eigenvalue weighted by atomic mass is 32.1. The van der Waals surface area contributed by atoms with Gasteiger partial charge in [0.25, 0.3) is 5.91 Å². The van der Waals surface area contributed by atoms with Gasteiger partial charge in [0.15, 0.2) is 0 Å². The lowest BCUT2D eigenvalue weighted by Gasteiger charge is -2.24. The van der Waals surface area contributed by atoms with Gasteiger partial charge in [-0.2, -0.15) is 0 Å². The summed E-state index contributed by atoms with van der Waals surface area (Å²) in [4.78, 5) is 25.3. The van der Waals surface area contributed by atoms with Crippen LogP contribution in [-0.4, -0.2) is 36.5 Å². The molecule has 0 aliphatic heterocycles. The van der Waals surface area contributed by atoms with E-state index in [2.05, 4.69) is 4.74 Å². The number of hydrogen-bond donors (Lipinski definition) is 0. The molecule has 0 radical (unpaired) electrons. The zero-order valence-electron chi connectivity index (χ0n) is 9.60. The molecule has 88 valence electrons. The van der Waals surface area contributed by atoms with Crippen molar-refractivity contribution in [2.24, 2.45) is 0 Å². The Bertz CT molecular complexity index is 359. The summed E-state index contributed by atoms with van der Waals surface area (Å²) in [6, 6.07) is 3.53. The molecule has 1 amide bonds. The molecular formula is C11H15NO3S. The second-order valence-electron chi connectivity index (χ2n) is 3.58. The summed E-state index contributed by atoms with van der Waals surface area (Å²) in [6.45, 7) is 3.73. The van der Waals surface area contributed by atoms with Crippen molar-refractivity contribution >= 4 is 23.2 Å². The molecule has 0 atom stereocenters. The average molecular weight is 241 g/mol. The monoisotopic (exact) mass is 241 g/mol. The standard InChI is InChI=1S/C11H15NO3S/c1-8(2)12(7-10(13)15-3)11(14)9-5-4-6-16-9/h4-6,8H,7H2,1-3H3. The van der Waals surface area contributed by atoms with Gasteiger partial charge in [-0.1, -0.05) is 6.07 Å². The molecule has 0 aromatic carbocycles. The molecule has 0 saturated carbocycles. The van der Waals surface area contributed by atoms with Crippen LogP contribution in [0.3, 0.4) is 0 Å². The summed E-state index contributed by atoms with van der Waals surface area (Å²) in [5, 5.41) is 1.84. The lowest BCUT2D eigenvalue weighted by molar-refractivity contribution is -0.141. The molecule has 0 N–H and O–H groups in total. The molecule has 0 aliphatic rings. The van der Waals surface area contributed by atoms with E-state index >= 15 is 0 Å². The number of carbonyl (C=O) groups excluding carboxylic acids is 2. The molecule has 4 nitrogen and oxygen atoms in total. The van der Waals surface area contributed by atoms with Gasteiger partial charge >= 0.3 is 5.97 Å². The summed E-state index contributed by atoms with van der Waals surface area (Å²) in [5.41, 5.74) is 0. The van der Waals surface area contributed by atoms with Gasteiger partial charge in [-0.3, -0.25) is 9.59 Å². The van der Waals surface area contributed by atoms with E-state index in [4.69, 9.17) is 0 Å². The van der Waals surface area contributed by atoms with Crippen LogP contribution in [0.15, 0.2) is 17.5 Å². The predicted molar refractivity (Wildman–Crippen MR) is 62.5 cm³/mol. The first-order valence-electron chi connectivity index (χ1n) is 4.97. The van der Waals surface area contributed by atoms with Crippen molar-refractivity contribution in [1.82, 2.24) is 4.90 Å². The summed E-state index contributed by atoms with van der Waals surface area (Å²) in [6.07, 6.45) is 0. The van der Waals surface area contributed by atoms with Crippen molar-refractivity contribution in [2.75, 3.05) is 13.7 Å². The SMILES string of the molecule is COC(=O)CN(C(=O)c1cccs1)C(C)C. The van der Waals surface area contributed by atoms with E-state index in [9.17, 15) is 9.59 Å². The number of thiophene rings is 1. The molecule has 5 heteroatoms. The van der Waals surface area contributed by atoms with Crippen LogP contribution in [0, 0.1) is 0 Å². The molecule has 0 saturated heterocycles. The average Bonchev–Trinajstić information content (AvgIpc) is 2.77. The first-order valence-corrected chi connectivity index (χ1v) is 5.85. The van der Waals surface area contributed by atoms with Gasteiger partial charge in [-0.25, -0.2) is 0 Å². The fraction of sp³-hybridized carbons (Fsp3) is 0.455. The summed E-state index contributed by atoms with van der Waals surface area (Å²) >= 11 is 1.37. The Hall–Kier alpha value is -1.36. The van der Waals surface area contributed by atoms with Crippen molar-refractivity contribution in [3.8, 4) is 0 Å². The Morgan fingerprint density at radius 3 is 2.62 bits per heavy atom. The summed E-state index contributed by atoms with van der Waals surface area (Å²) < 4.78 is 4.57. The Morgan fingerprint density at radius 2 is 2.19 bits per heavy atom. The molecule has 1 heterocycles. The van der Waals surface area contributed by atoms with Crippen LogP contribution < -0.4 is 0 Å². The van der Waals surface area contributed by atoms with Crippen LogP contribution >= 0.6 is 11.3 Å². The van der Waals surface area contributed by atoms with Crippen molar-refractivity contribution < 1.29 is 14.3 Å². The first kappa shape index (κ1) is 12.7. The maximum Gasteiger partial charge on any atom is 0.325 e. The Morgan fingerprint density at radius 1 is 1.50 bits per heavy atom. The predicted octanol–water partition coefficient (Wildman–Crippen LogP) is 1.77. The molecule has 0 bridgehead atoms. The zero-order valence-corrected chi connectivity index (χ0v) is 10.4. The Labute approximate surface area is 98.8 Å². The van der Waals surface area contributed by atoms with Crippen LogP contribution in [0.25, 0.3) is 0 Å². The minimum absolute atomic E-state index is 0.00903. The van der Waals surface area contributed by atoms with Crippen molar-refractivity contribution in [3.63, 3.8) is 0 Å². The third kappa shape index (κ3) is 3.06. The molecule has 1 aromatic rings. The van der Waals surface area contributed by atoms with Gasteiger partial charge in [0, 0.05) is 6.04 Å². The minimum atomic E-state index is -0.404. The van der Waals surface area contributed by atoms with Crippen LogP contribution in [0.1, 0.15) is 23.5 Å². The van der Waals surface area contributed by atoms with Crippen LogP contribution in [0.2, 0.25) is 0 Å². The van der Waals surface area contributed by atoms with E-state index in [1.807, 2.05) is 25.3 Å². The van der Waals surface area contributed by atoms with Crippen molar-refractivity contribution in [2.45, 2.75) is 19.9 Å². The molecule has 0 fully saturated rings. The number of hydrogen-bond acceptors (Lipinski definition) is 4. The largest absolute Gasteiger partial charge is 0.468 e. The Kier molecular flexibility index (Phi) is 4.49. The molecule has 1 aromatic heterocycles. The van der Waals surface area contributed by atoms with Gasteiger partial charge in [0.2, 0.25) is 0 Å². The molecule has 0 aliphatic carbocycles. The maximum absolute atomic E-state index is 12.0.